The average Bonchev–Trinajstić information content (AvgIpc) is 3.59. The van der Waals surface area contributed by atoms with Crippen LogP contribution in [0.5, 0.6) is 0 Å². The minimum atomic E-state index is -0.964. The third-order valence-corrected chi connectivity index (χ3v) is 7.51. The maximum atomic E-state index is 14.2. The molecule has 1 aromatic carbocycles. The van der Waals surface area contributed by atoms with Crippen molar-refractivity contribution in [1.29, 1.82) is 0 Å². The van der Waals surface area contributed by atoms with Gasteiger partial charge in [-0.25, -0.2) is 4.39 Å². The number of halogens is 1. The van der Waals surface area contributed by atoms with Gasteiger partial charge in [0.05, 0.1) is 19.3 Å². The summed E-state index contributed by atoms with van der Waals surface area (Å²) in [5.74, 6) is -0.410. The van der Waals surface area contributed by atoms with Crippen LogP contribution in [0.3, 0.4) is 0 Å². The molecule has 7 nitrogen and oxygen atoms in total. The maximum Gasteiger partial charge on any atom is 0.325 e. The fourth-order valence-corrected chi connectivity index (χ4v) is 5.60. The standard InChI is InChI=1S/C29H41FN2O5/c1-35-26(21-8-6-14-31-19-21)9-4-2-3-5-16-36-23-13-15-32(20-23)28(29(33)34)25-18-22(30)11-12-24(25)27-10-7-17-37-27/h9,11-12,18-19,23,27-28,31H,2-8,10,13-17,20H2,1H3,(H,33,34)/b26-9+. The zero-order valence-electron chi connectivity index (χ0n) is 21.9. The molecule has 1 aromatic rings. The van der Waals surface area contributed by atoms with E-state index in [4.69, 9.17) is 14.2 Å². The zero-order chi connectivity index (χ0) is 26.0. The summed E-state index contributed by atoms with van der Waals surface area (Å²) in [7, 11) is 1.73. The van der Waals surface area contributed by atoms with Crippen molar-refractivity contribution in [1.82, 2.24) is 10.2 Å². The molecule has 3 heterocycles. The van der Waals surface area contributed by atoms with Crippen molar-refractivity contribution in [2.45, 2.75) is 76.0 Å². The van der Waals surface area contributed by atoms with Crippen molar-refractivity contribution in [3.8, 4) is 0 Å². The van der Waals surface area contributed by atoms with Gasteiger partial charge in [0, 0.05) is 44.6 Å². The van der Waals surface area contributed by atoms with E-state index in [9.17, 15) is 14.3 Å². The van der Waals surface area contributed by atoms with Crippen LogP contribution in [-0.2, 0) is 19.0 Å². The number of nitrogens with one attached hydrogen (secondary N) is 1. The summed E-state index contributed by atoms with van der Waals surface area (Å²) in [5, 5.41) is 13.4. The lowest BCUT2D eigenvalue weighted by molar-refractivity contribution is -0.143. The molecule has 3 aliphatic heterocycles. The van der Waals surface area contributed by atoms with E-state index >= 15 is 0 Å². The molecule has 2 fully saturated rings. The monoisotopic (exact) mass is 516 g/mol. The van der Waals surface area contributed by atoms with E-state index in [2.05, 4.69) is 17.6 Å². The molecule has 8 heteroatoms. The van der Waals surface area contributed by atoms with E-state index in [1.807, 2.05) is 4.90 Å². The van der Waals surface area contributed by atoms with E-state index in [1.165, 1.54) is 17.7 Å². The van der Waals surface area contributed by atoms with Gasteiger partial charge >= 0.3 is 5.97 Å². The molecule has 0 aliphatic carbocycles. The highest BCUT2D eigenvalue weighted by molar-refractivity contribution is 5.76. The molecule has 0 spiro atoms. The Kier molecular flexibility index (Phi) is 10.4. The van der Waals surface area contributed by atoms with Gasteiger partial charge in [0.2, 0.25) is 0 Å². The van der Waals surface area contributed by atoms with E-state index < -0.39 is 17.8 Å². The molecule has 2 saturated heterocycles. The van der Waals surface area contributed by atoms with Gasteiger partial charge < -0.3 is 24.6 Å². The predicted molar refractivity (Wildman–Crippen MR) is 140 cm³/mol. The minimum Gasteiger partial charge on any atom is -0.497 e. The van der Waals surface area contributed by atoms with Crippen LogP contribution >= 0.6 is 0 Å². The number of carboxylic acids is 1. The number of methoxy groups -OCH3 is 1. The summed E-state index contributed by atoms with van der Waals surface area (Å²) in [5.41, 5.74) is 2.53. The number of benzene rings is 1. The molecular formula is C29H41FN2O5. The highest BCUT2D eigenvalue weighted by Gasteiger charge is 2.37. The van der Waals surface area contributed by atoms with Crippen LogP contribution in [0.2, 0.25) is 0 Å². The Morgan fingerprint density at radius 2 is 2.19 bits per heavy atom. The van der Waals surface area contributed by atoms with Crippen LogP contribution in [0.25, 0.3) is 0 Å². The highest BCUT2D eigenvalue weighted by Crippen LogP contribution is 2.37. The van der Waals surface area contributed by atoms with Gasteiger partial charge in [0.1, 0.15) is 17.6 Å². The lowest BCUT2D eigenvalue weighted by Gasteiger charge is -2.28. The summed E-state index contributed by atoms with van der Waals surface area (Å²) in [6.45, 7) is 3.48. The Morgan fingerprint density at radius 3 is 2.92 bits per heavy atom. The van der Waals surface area contributed by atoms with Crippen molar-refractivity contribution in [3.05, 3.63) is 58.8 Å². The van der Waals surface area contributed by atoms with Crippen molar-refractivity contribution >= 4 is 5.97 Å². The second kappa shape index (κ2) is 13.9. The van der Waals surface area contributed by atoms with Gasteiger partial charge in [-0.2, -0.15) is 0 Å². The third-order valence-electron chi connectivity index (χ3n) is 7.51. The molecule has 2 N–H and O–H groups in total. The molecule has 0 radical (unpaired) electrons. The van der Waals surface area contributed by atoms with Gasteiger partial charge in [-0.15, -0.1) is 0 Å². The third kappa shape index (κ3) is 7.55. The molecule has 0 amide bonds. The van der Waals surface area contributed by atoms with Gasteiger partial charge in [-0.1, -0.05) is 12.5 Å². The van der Waals surface area contributed by atoms with Crippen LogP contribution in [0, 0.1) is 5.82 Å². The number of nitrogens with zero attached hydrogens (tertiary/aromatic N) is 1. The molecule has 0 aromatic heterocycles. The van der Waals surface area contributed by atoms with Crippen LogP contribution in [0.4, 0.5) is 4.39 Å². The van der Waals surface area contributed by atoms with Crippen molar-refractivity contribution in [3.63, 3.8) is 0 Å². The summed E-state index contributed by atoms with van der Waals surface area (Å²) in [6.07, 6.45) is 12.8. The van der Waals surface area contributed by atoms with E-state index in [1.54, 1.807) is 13.2 Å². The Bertz CT molecular complexity index is 960. The van der Waals surface area contributed by atoms with Crippen molar-refractivity contribution in [2.75, 3.05) is 40.0 Å². The van der Waals surface area contributed by atoms with Gasteiger partial charge in [-0.05, 0) is 80.7 Å². The quantitative estimate of drug-likeness (QED) is 0.274. The van der Waals surface area contributed by atoms with Gasteiger partial charge in [-0.3, -0.25) is 9.69 Å². The van der Waals surface area contributed by atoms with Crippen molar-refractivity contribution < 1.29 is 28.5 Å². The van der Waals surface area contributed by atoms with Gasteiger partial charge in [0.15, 0.2) is 0 Å². The van der Waals surface area contributed by atoms with E-state index in [-0.39, 0.29) is 12.2 Å². The number of hydrogen-bond acceptors (Lipinski definition) is 6. The molecule has 0 bridgehead atoms. The smallest absolute Gasteiger partial charge is 0.325 e. The average molecular weight is 517 g/mol. The lowest BCUT2D eigenvalue weighted by atomic mass is 9.94. The van der Waals surface area contributed by atoms with Crippen LogP contribution in [-0.4, -0.2) is 62.0 Å². The summed E-state index contributed by atoms with van der Waals surface area (Å²) in [4.78, 5) is 14.2. The second-order valence-electron chi connectivity index (χ2n) is 10.1. The summed E-state index contributed by atoms with van der Waals surface area (Å²) < 4.78 is 31.6. The Labute approximate surface area is 219 Å². The first-order chi connectivity index (χ1) is 18.1. The zero-order valence-corrected chi connectivity index (χ0v) is 21.9. The van der Waals surface area contributed by atoms with Crippen LogP contribution in [0.15, 0.2) is 41.8 Å². The number of ether oxygens (including phenoxy) is 3. The molecule has 3 aliphatic rings. The molecule has 3 atom stereocenters. The minimum absolute atomic E-state index is 0.00711. The fraction of sp³-hybridized carbons (Fsp3) is 0.621. The molecular weight excluding hydrogens is 475 g/mol. The number of hydrogen-bond donors (Lipinski definition) is 2. The first-order valence-electron chi connectivity index (χ1n) is 13.7. The predicted octanol–water partition coefficient (Wildman–Crippen LogP) is 5.25. The first kappa shape index (κ1) is 27.6. The summed E-state index contributed by atoms with van der Waals surface area (Å²) in [6, 6.07) is 3.55. The van der Waals surface area contributed by atoms with E-state index in [0.29, 0.717) is 31.9 Å². The molecule has 4 rings (SSSR count). The molecule has 37 heavy (non-hydrogen) atoms. The summed E-state index contributed by atoms with van der Waals surface area (Å²) >= 11 is 0. The van der Waals surface area contributed by atoms with E-state index in [0.717, 1.165) is 75.7 Å². The number of carbonyl (C=O) groups is 1. The Morgan fingerprint density at radius 1 is 1.30 bits per heavy atom. The molecule has 204 valence electrons. The Hall–Kier alpha value is -2.42. The number of allylic oxidation sites excluding steroid dienone is 2. The number of likely N-dealkylation sites (tertiary alicyclic amines) is 1. The number of aliphatic carboxylic acids is 1. The maximum absolute atomic E-state index is 14.2. The molecule has 3 unspecified atom stereocenters. The number of carboxylic acid groups (broad SMARTS) is 1. The lowest BCUT2D eigenvalue weighted by Crippen LogP contribution is -2.34. The Balaban J connectivity index is 1.23. The van der Waals surface area contributed by atoms with Crippen LogP contribution < -0.4 is 5.32 Å². The number of unbranched alkanes of at least 4 members (excludes halogenated alkanes) is 3. The second-order valence-corrected chi connectivity index (χ2v) is 10.1. The van der Waals surface area contributed by atoms with Crippen molar-refractivity contribution in [2.24, 2.45) is 0 Å². The fourth-order valence-electron chi connectivity index (χ4n) is 5.60. The highest BCUT2D eigenvalue weighted by atomic mass is 19.1. The molecule has 0 saturated carbocycles. The first-order valence-corrected chi connectivity index (χ1v) is 13.7. The normalized spacial score (nSPS) is 23.5. The van der Waals surface area contributed by atoms with Gasteiger partial charge in [0.25, 0.3) is 0 Å². The topological polar surface area (TPSA) is 80.3 Å². The largest absolute Gasteiger partial charge is 0.497 e. The SMILES string of the molecule is CO/C(=C/CCCCCOC1CCN(C(C(=O)O)c2cc(F)ccc2C2CCCO2)C1)C1=CNCCC1. The number of rotatable bonds is 13. The van der Waals surface area contributed by atoms with Crippen LogP contribution in [0.1, 0.15) is 81.1 Å².